The molecule has 0 aromatic carbocycles. The lowest BCUT2D eigenvalue weighted by Crippen LogP contribution is -2.07. The van der Waals surface area contributed by atoms with Crippen LogP contribution in [0.25, 0.3) is 0 Å². The van der Waals surface area contributed by atoms with Gasteiger partial charge in [0.05, 0.1) is 4.60 Å². The second-order valence-electron chi connectivity index (χ2n) is 4.09. The summed E-state index contributed by atoms with van der Waals surface area (Å²) in [7, 11) is 0. The number of nitrogens with zero attached hydrogens (tertiary/aromatic N) is 1. The monoisotopic (exact) mass is 255 g/mol. The van der Waals surface area contributed by atoms with E-state index in [1.165, 1.54) is 5.56 Å². The van der Waals surface area contributed by atoms with Gasteiger partial charge in [-0.1, -0.05) is 0 Å². The highest BCUT2D eigenvalue weighted by molar-refractivity contribution is 9.10. The van der Waals surface area contributed by atoms with E-state index < -0.39 is 0 Å². The van der Waals surface area contributed by atoms with Gasteiger partial charge in [-0.15, -0.1) is 0 Å². The summed E-state index contributed by atoms with van der Waals surface area (Å²) >= 11 is 3.58. The minimum atomic E-state index is 0.298. The summed E-state index contributed by atoms with van der Waals surface area (Å²) in [4.78, 5) is 11.6. The van der Waals surface area contributed by atoms with Gasteiger partial charge in [-0.05, 0) is 48.2 Å². The van der Waals surface area contributed by atoms with Crippen LogP contribution in [0.15, 0.2) is 10.8 Å². The molecular formula is C11H14BrNO. The van der Waals surface area contributed by atoms with E-state index in [9.17, 15) is 4.79 Å². The highest BCUT2D eigenvalue weighted by atomic mass is 79.9. The average Bonchev–Trinajstić information content (AvgIpc) is 2.46. The molecule has 1 aliphatic rings. The molecule has 2 nitrogen and oxygen atoms in total. The summed E-state index contributed by atoms with van der Waals surface area (Å²) in [5.41, 5.74) is 2.13. The number of Topliss-reactive ketones (excluding diaryl/α,β-unsaturated/α-hetero) is 1. The molecule has 0 saturated carbocycles. The molecule has 0 fully saturated rings. The van der Waals surface area contributed by atoms with Gasteiger partial charge in [0, 0.05) is 24.2 Å². The Morgan fingerprint density at radius 3 is 2.71 bits per heavy atom. The van der Waals surface area contributed by atoms with Gasteiger partial charge in [-0.2, -0.15) is 0 Å². The van der Waals surface area contributed by atoms with Crippen molar-refractivity contribution in [3.63, 3.8) is 0 Å². The summed E-state index contributed by atoms with van der Waals surface area (Å²) < 4.78 is 3.23. The minimum absolute atomic E-state index is 0.298. The van der Waals surface area contributed by atoms with Crippen LogP contribution in [0.1, 0.15) is 48.7 Å². The lowest BCUT2D eigenvalue weighted by atomic mass is 9.95. The summed E-state index contributed by atoms with van der Waals surface area (Å²) in [6.07, 6.45) is 4.72. The second-order valence-corrected chi connectivity index (χ2v) is 4.84. The van der Waals surface area contributed by atoms with Gasteiger partial charge in [-0.25, -0.2) is 0 Å². The van der Waals surface area contributed by atoms with Gasteiger partial charge in [-0.3, -0.25) is 4.79 Å². The molecule has 1 aromatic heterocycles. The lowest BCUT2D eigenvalue weighted by Gasteiger charge is -2.10. The van der Waals surface area contributed by atoms with Gasteiger partial charge >= 0.3 is 0 Å². The SMILES string of the molecule is CC(C)n1cc2c(c1Br)CCCC2=O. The van der Waals surface area contributed by atoms with Crippen LogP contribution in [0.3, 0.4) is 0 Å². The fourth-order valence-electron chi connectivity index (χ4n) is 1.95. The zero-order valence-electron chi connectivity index (χ0n) is 8.51. The Hall–Kier alpha value is -0.570. The number of fused-ring (bicyclic) bond motifs is 1. The van der Waals surface area contributed by atoms with Crippen LogP contribution >= 0.6 is 15.9 Å². The van der Waals surface area contributed by atoms with Crippen LogP contribution in [-0.4, -0.2) is 10.4 Å². The van der Waals surface area contributed by atoms with Crippen molar-refractivity contribution in [1.82, 2.24) is 4.57 Å². The Kier molecular flexibility index (Phi) is 2.52. The average molecular weight is 256 g/mol. The molecule has 14 heavy (non-hydrogen) atoms. The molecule has 0 N–H and O–H groups in total. The predicted molar refractivity (Wildman–Crippen MR) is 59.8 cm³/mol. The molecule has 1 aliphatic carbocycles. The fraction of sp³-hybridized carbons (Fsp3) is 0.545. The fourth-order valence-corrected chi connectivity index (χ4v) is 2.88. The third-order valence-corrected chi connectivity index (χ3v) is 3.64. The van der Waals surface area contributed by atoms with E-state index in [0.717, 1.165) is 23.0 Å². The lowest BCUT2D eigenvalue weighted by molar-refractivity contribution is 0.0973. The van der Waals surface area contributed by atoms with Gasteiger partial charge in [0.2, 0.25) is 0 Å². The molecular weight excluding hydrogens is 242 g/mol. The molecule has 1 aromatic rings. The van der Waals surface area contributed by atoms with Gasteiger partial charge in [0.25, 0.3) is 0 Å². The number of halogens is 1. The molecule has 1 heterocycles. The quantitative estimate of drug-likeness (QED) is 0.755. The summed E-state index contributed by atoms with van der Waals surface area (Å²) in [5.74, 6) is 0.298. The third-order valence-electron chi connectivity index (χ3n) is 2.76. The largest absolute Gasteiger partial charge is 0.339 e. The Balaban J connectivity index is 2.54. The van der Waals surface area contributed by atoms with E-state index in [4.69, 9.17) is 0 Å². The Bertz CT molecular complexity index is 379. The van der Waals surface area contributed by atoms with E-state index in [1.807, 2.05) is 6.20 Å². The number of carbonyl (C=O) groups is 1. The van der Waals surface area contributed by atoms with Crippen molar-refractivity contribution < 1.29 is 4.79 Å². The maximum Gasteiger partial charge on any atom is 0.164 e. The molecule has 0 bridgehead atoms. The standard InChI is InChI=1S/C11H14BrNO/c1-7(2)13-6-9-8(11(13)12)4-3-5-10(9)14/h6-7H,3-5H2,1-2H3. The molecule has 0 unspecified atom stereocenters. The van der Waals surface area contributed by atoms with Crippen molar-refractivity contribution in [1.29, 1.82) is 0 Å². The predicted octanol–water partition coefficient (Wildman–Crippen LogP) is 3.35. The van der Waals surface area contributed by atoms with E-state index in [0.29, 0.717) is 18.2 Å². The molecule has 3 heteroatoms. The highest BCUT2D eigenvalue weighted by Crippen LogP contribution is 2.31. The Labute approximate surface area is 92.4 Å². The molecule has 0 amide bonds. The van der Waals surface area contributed by atoms with Crippen molar-refractivity contribution in [3.8, 4) is 0 Å². The zero-order valence-corrected chi connectivity index (χ0v) is 10.1. The molecule has 0 spiro atoms. The molecule has 2 rings (SSSR count). The van der Waals surface area contributed by atoms with Gasteiger partial charge < -0.3 is 4.57 Å². The molecule has 0 saturated heterocycles. The first-order chi connectivity index (χ1) is 6.61. The highest BCUT2D eigenvalue weighted by Gasteiger charge is 2.23. The topological polar surface area (TPSA) is 22.0 Å². The number of ketones is 1. The van der Waals surface area contributed by atoms with E-state index >= 15 is 0 Å². The van der Waals surface area contributed by atoms with E-state index in [1.54, 1.807) is 0 Å². The third kappa shape index (κ3) is 1.44. The molecule has 0 aliphatic heterocycles. The van der Waals surface area contributed by atoms with Gasteiger partial charge in [0.15, 0.2) is 5.78 Å². The minimum Gasteiger partial charge on any atom is -0.339 e. The van der Waals surface area contributed by atoms with Crippen molar-refractivity contribution in [3.05, 3.63) is 21.9 Å². The molecule has 0 radical (unpaired) electrons. The van der Waals surface area contributed by atoms with E-state index in [-0.39, 0.29) is 0 Å². The van der Waals surface area contributed by atoms with Crippen LogP contribution in [0.4, 0.5) is 0 Å². The van der Waals surface area contributed by atoms with Crippen LogP contribution in [0.2, 0.25) is 0 Å². The van der Waals surface area contributed by atoms with Gasteiger partial charge in [0.1, 0.15) is 0 Å². The van der Waals surface area contributed by atoms with Crippen LogP contribution in [0.5, 0.6) is 0 Å². The number of hydrogen-bond donors (Lipinski definition) is 0. The summed E-state index contributed by atoms with van der Waals surface area (Å²) in [6, 6.07) is 0.405. The first-order valence-electron chi connectivity index (χ1n) is 5.03. The van der Waals surface area contributed by atoms with Crippen molar-refractivity contribution in [2.24, 2.45) is 0 Å². The van der Waals surface area contributed by atoms with E-state index in [2.05, 4.69) is 34.3 Å². The maximum absolute atomic E-state index is 11.6. The molecule has 76 valence electrons. The normalized spacial score (nSPS) is 16.1. The molecule has 0 atom stereocenters. The number of carbonyl (C=O) groups excluding carboxylic acids is 1. The summed E-state index contributed by atoms with van der Waals surface area (Å²) in [6.45, 7) is 4.25. The van der Waals surface area contributed by atoms with Crippen LogP contribution in [-0.2, 0) is 6.42 Å². The van der Waals surface area contributed by atoms with Crippen molar-refractivity contribution in [2.45, 2.75) is 39.2 Å². The Morgan fingerprint density at radius 1 is 1.43 bits per heavy atom. The number of hydrogen-bond acceptors (Lipinski definition) is 1. The van der Waals surface area contributed by atoms with Crippen LogP contribution in [0, 0.1) is 0 Å². The van der Waals surface area contributed by atoms with Crippen molar-refractivity contribution in [2.75, 3.05) is 0 Å². The zero-order chi connectivity index (χ0) is 10.3. The van der Waals surface area contributed by atoms with Crippen molar-refractivity contribution >= 4 is 21.7 Å². The first kappa shape index (κ1) is 9.97. The van der Waals surface area contributed by atoms with Crippen LogP contribution < -0.4 is 0 Å². The Morgan fingerprint density at radius 2 is 2.14 bits per heavy atom. The number of aromatic nitrogens is 1. The second kappa shape index (κ2) is 3.54. The smallest absolute Gasteiger partial charge is 0.164 e. The first-order valence-corrected chi connectivity index (χ1v) is 5.83. The summed E-state index contributed by atoms with van der Waals surface area (Å²) in [5, 5.41) is 0. The number of rotatable bonds is 1. The maximum atomic E-state index is 11.6.